The normalized spacial score (nSPS) is 10.2. The number of nitrogens with zero attached hydrogens (tertiary/aromatic N) is 4. The molecule has 0 radical (unpaired) electrons. The number of rotatable bonds is 2. The summed E-state index contributed by atoms with van der Waals surface area (Å²) in [5.74, 6) is 0.843. The zero-order valence-corrected chi connectivity index (χ0v) is 9.70. The monoisotopic (exact) mass is 256 g/mol. The lowest BCUT2D eigenvalue weighted by Crippen LogP contribution is -1.95. The van der Waals surface area contributed by atoms with E-state index in [1.165, 1.54) is 7.11 Å². The van der Waals surface area contributed by atoms with Crippen molar-refractivity contribution in [2.45, 2.75) is 0 Å². The van der Waals surface area contributed by atoms with Gasteiger partial charge in [0.05, 0.1) is 7.11 Å². The van der Waals surface area contributed by atoms with Crippen molar-refractivity contribution in [3.63, 3.8) is 0 Å². The Hall–Kier alpha value is -1.46. The summed E-state index contributed by atoms with van der Waals surface area (Å²) in [5, 5.41) is 0.0940. The van der Waals surface area contributed by atoms with Crippen LogP contribution in [0.25, 0.3) is 11.4 Å². The highest BCUT2D eigenvalue weighted by Gasteiger charge is 2.07. The summed E-state index contributed by atoms with van der Waals surface area (Å²) in [6.45, 7) is 0. The van der Waals surface area contributed by atoms with Gasteiger partial charge in [0.2, 0.25) is 16.4 Å². The molecule has 0 saturated carbocycles. The van der Waals surface area contributed by atoms with Crippen molar-refractivity contribution < 1.29 is 4.74 Å². The minimum atomic E-state index is 0.0470. The van der Waals surface area contributed by atoms with Crippen LogP contribution in [0.2, 0.25) is 10.6 Å². The molecule has 0 amide bonds. The van der Waals surface area contributed by atoms with Gasteiger partial charge in [-0.25, -0.2) is 4.98 Å². The third kappa shape index (κ3) is 2.37. The number of pyridine rings is 1. The van der Waals surface area contributed by atoms with E-state index in [1.54, 1.807) is 18.3 Å². The topological polar surface area (TPSA) is 60.8 Å². The second kappa shape index (κ2) is 4.59. The SMILES string of the molecule is COc1cc(-c2nc(Cl)nc(Cl)n2)ccn1. The van der Waals surface area contributed by atoms with E-state index in [0.29, 0.717) is 17.3 Å². The van der Waals surface area contributed by atoms with Crippen LogP contribution < -0.4 is 4.74 Å². The molecule has 0 N–H and O–H groups in total. The number of ether oxygens (including phenoxy) is 1. The smallest absolute Gasteiger partial charge is 0.227 e. The molecule has 0 spiro atoms. The van der Waals surface area contributed by atoms with Gasteiger partial charge in [-0.2, -0.15) is 15.0 Å². The molecule has 2 heterocycles. The Morgan fingerprint density at radius 3 is 2.44 bits per heavy atom. The molecule has 2 rings (SSSR count). The fraction of sp³-hybridized carbons (Fsp3) is 0.111. The Bertz CT molecular complexity index is 500. The molecule has 2 aromatic rings. The van der Waals surface area contributed by atoms with Crippen LogP contribution in [-0.2, 0) is 0 Å². The van der Waals surface area contributed by atoms with Crippen LogP contribution in [-0.4, -0.2) is 27.0 Å². The lowest BCUT2D eigenvalue weighted by atomic mass is 10.2. The predicted octanol–water partition coefficient (Wildman–Crippen LogP) is 2.25. The van der Waals surface area contributed by atoms with E-state index in [9.17, 15) is 0 Å². The maximum atomic E-state index is 5.68. The minimum absolute atomic E-state index is 0.0470. The summed E-state index contributed by atoms with van der Waals surface area (Å²) in [5.41, 5.74) is 0.707. The van der Waals surface area contributed by atoms with Crippen molar-refractivity contribution >= 4 is 23.2 Å². The Balaban J connectivity index is 2.49. The summed E-state index contributed by atoms with van der Waals surface area (Å²) in [6, 6.07) is 3.41. The van der Waals surface area contributed by atoms with Gasteiger partial charge in [0.15, 0.2) is 5.82 Å². The maximum Gasteiger partial charge on any atom is 0.227 e. The standard InChI is InChI=1S/C9H6Cl2N4O/c1-16-6-4-5(2-3-12-6)7-13-8(10)15-9(11)14-7/h2-4H,1H3. The van der Waals surface area contributed by atoms with Crippen LogP contribution >= 0.6 is 23.2 Å². The highest BCUT2D eigenvalue weighted by Crippen LogP contribution is 2.20. The molecular weight excluding hydrogens is 251 g/mol. The highest BCUT2D eigenvalue weighted by atomic mass is 35.5. The van der Waals surface area contributed by atoms with Crippen LogP contribution in [0.5, 0.6) is 5.88 Å². The maximum absolute atomic E-state index is 5.68. The number of hydrogen-bond donors (Lipinski definition) is 0. The summed E-state index contributed by atoms with van der Waals surface area (Å²) in [4.78, 5) is 15.5. The molecule has 82 valence electrons. The first-order valence-corrected chi connectivity index (χ1v) is 5.02. The molecule has 0 aliphatic rings. The van der Waals surface area contributed by atoms with Crippen molar-refractivity contribution in [2.75, 3.05) is 7.11 Å². The molecule has 0 bridgehead atoms. The number of methoxy groups -OCH3 is 1. The molecule has 5 nitrogen and oxygen atoms in total. The van der Waals surface area contributed by atoms with E-state index in [1.807, 2.05) is 0 Å². The molecule has 0 aliphatic carbocycles. The molecular formula is C9H6Cl2N4O. The first-order chi connectivity index (χ1) is 7.69. The van der Waals surface area contributed by atoms with Gasteiger partial charge in [-0.1, -0.05) is 0 Å². The largest absolute Gasteiger partial charge is 0.481 e. The fourth-order valence-electron chi connectivity index (χ4n) is 1.12. The van der Waals surface area contributed by atoms with E-state index in [0.717, 1.165) is 0 Å². The van der Waals surface area contributed by atoms with Gasteiger partial charge < -0.3 is 4.74 Å². The zero-order chi connectivity index (χ0) is 11.5. The van der Waals surface area contributed by atoms with E-state index in [2.05, 4.69) is 19.9 Å². The van der Waals surface area contributed by atoms with E-state index in [4.69, 9.17) is 27.9 Å². The van der Waals surface area contributed by atoms with E-state index < -0.39 is 0 Å². The average Bonchev–Trinajstić information content (AvgIpc) is 2.28. The van der Waals surface area contributed by atoms with Crippen molar-refractivity contribution in [1.29, 1.82) is 0 Å². The Labute approximate surface area is 101 Å². The van der Waals surface area contributed by atoms with Gasteiger partial charge in [-0.3, -0.25) is 0 Å². The van der Waals surface area contributed by atoms with Crippen molar-refractivity contribution in [1.82, 2.24) is 19.9 Å². The summed E-state index contributed by atoms with van der Waals surface area (Å²) in [7, 11) is 1.53. The van der Waals surface area contributed by atoms with Gasteiger partial charge in [0, 0.05) is 17.8 Å². The molecule has 2 aromatic heterocycles. The van der Waals surface area contributed by atoms with Crippen LogP contribution in [0.3, 0.4) is 0 Å². The van der Waals surface area contributed by atoms with Crippen LogP contribution in [0.4, 0.5) is 0 Å². The Morgan fingerprint density at radius 1 is 1.12 bits per heavy atom. The van der Waals surface area contributed by atoms with E-state index in [-0.39, 0.29) is 10.6 Å². The summed E-state index contributed by atoms with van der Waals surface area (Å²) >= 11 is 11.4. The fourth-order valence-corrected chi connectivity index (χ4v) is 1.48. The third-order valence-corrected chi connectivity index (χ3v) is 2.12. The van der Waals surface area contributed by atoms with Gasteiger partial charge in [-0.15, -0.1) is 0 Å². The number of halogens is 2. The average molecular weight is 257 g/mol. The lowest BCUT2D eigenvalue weighted by molar-refractivity contribution is 0.398. The van der Waals surface area contributed by atoms with Gasteiger partial charge in [0.25, 0.3) is 0 Å². The molecule has 0 unspecified atom stereocenters. The Kier molecular flexibility index (Phi) is 3.17. The predicted molar refractivity (Wildman–Crippen MR) is 59.6 cm³/mol. The Morgan fingerprint density at radius 2 is 1.81 bits per heavy atom. The summed E-state index contributed by atoms with van der Waals surface area (Å²) < 4.78 is 4.99. The molecule has 0 aromatic carbocycles. The first kappa shape index (κ1) is 11.0. The highest BCUT2D eigenvalue weighted by molar-refractivity contribution is 6.31. The lowest BCUT2D eigenvalue weighted by Gasteiger charge is -2.02. The molecule has 0 saturated heterocycles. The van der Waals surface area contributed by atoms with Gasteiger partial charge >= 0.3 is 0 Å². The molecule has 0 atom stereocenters. The van der Waals surface area contributed by atoms with Crippen molar-refractivity contribution in [3.8, 4) is 17.3 Å². The first-order valence-electron chi connectivity index (χ1n) is 4.26. The molecule has 0 aliphatic heterocycles. The zero-order valence-electron chi connectivity index (χ0n) is 8.19. The van der Waals surface area contributed by atoms with E-state index >= 15 is 0 Å². The molecule has 16 heavy (non-hydrogen) atoms. The van der Waals surface area contributed by atoms with Gasteiger partial charge in [-0.05, 0) is 29.3 Å². The third-order valence-electron chi connectivity index (χ3n) is 1.78. The van der Waals surface area contributed by atoms with Crippen LogP contribution in [0.15, 0.2) is 18.3 Å². The van der Waals surface area contributed by atoms with Crippen molar-refractivity contribution in [2.24, 2.45) is 0 Å². The minimum Gasteiger partial charge on any atom is -0.481 e. The van der Waals surface area contributed by atoms with Gasteiger partial charge in [0.1, 0.15) is 0 Å². The van der Waals surface area contributed by atoms with Crippen molar-refractivity contribution in [3.05, 3.63) is 28.9 Å². The molecule has 7 heteroatoms. The quantitative estimate of drug-likeness (QED) is 0.825. The van der Waals surface area contributed by atoms with Crippen LogP contribution in [0, 0.1) is 0 Å². The molecule has 0 fully saturated rings. The van der Waals surface area contributed by atoms with Crippen LogP contribution in [0.1, 0.15) is 0 Å². The summed E-state index contributed by atoms with van der Waals surface area (Å²) in [6.07, 6.45) is 1.58. The second-order valence-electron chi connectivity index (χ2n) is 2.78. The number of aromatic nitrogens is 4. The number of hydrogen-bond acceptors (Lipinski definition) is 5. The second-order valence-corrected chi connectivity index (χ2v) is 3.46.